The molecule has 0 aromatic heterocycles. The standard InChI is InChI=1S/C15H26O3/c1-13(2)9-4-6-14(3)10(17)5-7-15(18,8-16)12(14)11(9)13/h9-12,16-18H,4-8H2,1-3H3/t9-,10+,11-,12+,14-,15-/m0/s1. The van der Waals surface area contributed by atoms with E-state index in [1.54, 1.807) is 0 Å². The highest BCUT2D eigenvalue weighted by Crippen LogP contribution is 2.74. The van der Waals surface area contributed by atoms with Crippen molar-refractivity contribution in [2.75, 3.05) is 6.61 Å². The molecule has 3 aliphatic carbocycles. The molecule has 3 N–H and O–H groups in total. The fourth-order valence-corrected chi connectivity index (χ4v) is 5.40. The summed E-state index contributed by atoms with van der Waals surface area (Å²) in [5, 5.41) is 30.9. The van der Waals surface area contributed by atoms with Crippen LogP contribution in [-0.4, -0.2) is 33.6 Å². The van der Waals surface area contributed by atoms with Gasteiger partial charge in [-0.3, -0.25) is 0 Å². The SMILES string of the molecule is CC1(C)[C@H]2[C@@H]1CC[C@@]1(C)[C@H](O)CC[C@](O)(CO)[C@H]21. The minimum Gasteiger partial charge on any atom is -0.393 e. The average molecular weight is 254 g/mol. The normalized spacial score (nSPS) is 57.7. The van der Waals surface area contributed by atoms with Gasteiger partial charge in [0.25, 0.3) is 0 Å². The summed E-state index contributed by atoms with van der Waals surface area (Å²) in [5.74, 6) is 1.18. The molecule has 3 heteroatoms. The molecule has 3 saturated carbocycles. The molecule has 0 radical (unpaired) electrons. The summed E-state index contributed by atoms with van der Waals surface area (Å²) in [6.07, 6.45) is 2.95. The van der Waals surface area contributed by atoms with Crippen molar-refractivity contribution in [1.29, 1.82) is 0 Å². The van der Waals surface area contributed by atoms with Crippen molar-refractivity contribution in [3.63, 3.8) is 0 Å². The van der Waals surface area contributed by atoms with Gasteiger partial charge in [-0.25, -0.2) is 0 Å². The quantitative estimate of drug-likeness (QED) is 0.665. The van der Waals surface area contributed by atoms with E-state index in [1.165, 1.54) is 0 Å². The highest BCUT2D eigenvalue weighted by molar-refractivity contribution is 5.20. The van der Waals surface area contributed by atoms with Gasteiger partial charge in [0.15, 0.2) is 0 Å². The van der Waals surface area contributed by atoms with E-state index in [0.717, 1.165) is 12.8 Å². The first kappa shape index (κ1) is 12.9. The Morgan fingerprint density at radius 3 is 2.39 bits per heavy atom. The number of hydrogen-bond donors (Lipinski definition) is 3. The van der Waals surface area contributed by atoms with E-state index in [4.69, 9.17) is 0 Å². The molecule has 0 heterocycles. The van der Waals surface area contributed by atoms with Crippen LogP contribution in [0.3, 0.4) is 0 Å². The topological polar surface area (TPSA) is 60.7 Å². The monoisotopic (exact) mass is 254 g/mol. The first-order chi connectivity index (χ1) is 8.27. The molecule has 0 unspecified atom stereocenters. The smallest absolute Gasteiger partial charge is 0.0915 e. The first-order valence-corrected chi connectivity index (χ1v) is 7.29. The molecule has 0 aliphatic heterocycles. The van der Waals surface area contributed by atoms with Gasteiger partial charge < -0.3 is 15.3 Å². The molecule has 0 bridgehead atoms. The van der Waals surface area contributed by atoms with Gasteiger partial charge in [-0.1, -0.05) is 20.8 Å². The zero-order valence-electron chi connectivity index (χ0n) is 11.7. The Bertz CT molecular complexity index is 367. The maximum Gasteiger partial charge on any atom is 0.0915 e. The average Bonchev–Trinajstić information content (AvgIpc) is 2.87. The van der Waals surface area contributed by atoms with Crippen LogP contribution in [0.2, 0.25) is 0 Å². The fraction of sp³-hybridized carbons (Fsp3) is 1.00. The van der Waals surface area contributed by atoms with E-state index >= 15 is 0 Å². The Labute approximate surface area is 109 Å². The third kappa shape index (κ3) is 1.36. The second-order valence-corrected chi connectivity index (χ2v) is 7.79. The molecule has 0 aromatic carbocycles. The molecular weight excluding hydrogens is 228 g/mol. The van der Waals surface area contributed by atoms with Gasteiger partial charge in [0, 0.05) is 5.92 Å². The van der Waals surface area contributed by atoms with Crippen LogP contribution in [0.5, 0.6) is 0 Å². The second-order valence-electron chi connectivity index (χ2n) is 7.79. The lowest BCUT2D eigenvalue weighted by Crippen LogP contribution is -2.60. The molecule has 0 spiro atoms. The number of fused-ring (bicyclic) bond motifs is 3. The largest absolute Gasteiger partial charge is 0.393 e. The first-order valence-electron chi connectivity index (χ1n) is 7.29. The van der Waals surface area contributed by atoms with Crippen molar-refractivity contribution in [2.45, 2.75) is 58.2 Å². The molecule has 0 aromatic rings. The molecule has 3 rings (SSSR count). The van der Waals surface area contributed by atoms with E-state index in [1.807, 2.05) is 0 Å². The number of aliphatic hydroxyl groups is 3. The van der Waals surface area contributed by atoms with Crippen molar-refractivity contribution in [1.82, 2.24) is 0 Å². The van der Waals surface area contributed by atoms with E-state index in [2.05, 4.69) is 20.8 Å². The van der Waals surface area contributed by atoms with Crippen molar-refractivity contribution < 1.29 is 15.3 Å². The minimum absolute atomic E-state index is 0.0486. The molecule has 0 amide bonds. The Hall–Kier alpha value is -0.120. The van der Waals surface area contributed by atoms with Crippen molar-refractivity contribution >= 4 is 0 Å². The van der Waals surface area contributed by atoms with Crippen LogP contribution >= 0.6 is 0 Å². The summed E-state index contributed by atoms with van der Waals surface area (Å²) in [6, 6.07) is 0. The Morgan fingerprint density at radius 1 is 1.11 bits per heavy atom. The third-order valence-corrected chi connectivity index (χ3v) is 6.67. The van der Waals surface area contributed by atoms with E-state index in [0.29, 0.717) is 24.7 Å². The lowest BCUT2D eigenvalue weighted by molar-refractivity contribution is -0.195. The van der Waals surface area contributed by atoms with Gasteiger partial charge in [-0.2, -0.15) is 0 Å². The number of hydrogen-bond acceptors (Lipinski definition) is 3. The van der Waals surface area contributed by atoms with Crippen LogP contribution in [0.15, 0.2) is 0 Å². The summed E-state index contributed by atoms with van der Waals surface area (Å²) < 4.78 is 0. The fourth-order valence-electron chi connectivity index (χ4n) is 5.40. The predicted octanol–water partition coefficient (Wildman–Crippen LogP) is 1.55. The maximum atomic E-state index is 10.8. The second kappa shape index (κ2) is 3.50. The molecule has 3 aliphatic rings. The van der Waals surface area contributed by atoms with Crippen molar-refractivity contribution in [3.8, 4) is 0 Å². The van der Waals surface area contributed by atoms with Crippen LogP contribution in [0.4, 0.5) is 0 Å². The van der Waals surface area contributed by atoms with Gasteiger partial charge in [0.2, 0.25) is 0 Å². The molecule has 6 atom stereocenters. The number of aliphatic hydroxyl groups excluding tert-OH is 2. The summed E-state index contributed by atoms with van der Waals surface area (Å²) in [5.41, 5.74) is -0.932. The van der Waals surface area contributed by atoms with E-state index in [9.17, 15) is 15.3 Å². The van der Waals surface area contributed by atoms with Crippen molar-refractivity contribution in [2.24, 2.45) is 28.6 Å². The lowest BCUT2D eigenvalue weighted by atomic mass is 9.53. The molecule has 3 fully saturated rings. The predicted molar refractivity (Wildman–Crippen MR) is 68.9 cm³/mol. The van der Waals surface area contributed by atoms with Crippen LogP contribution in [0, 0.1) is 28.6 Å². The van der Waals surface area contributed by atoms with Gasteiger partial charge in [0.1, 0.15) is 0 Å². The van der Waals surface area contributed by atoms with Crippen LogP contribution in [0.1, 0.15) is 46.5 Å². The summed E-state index contributed by atoms with van der Waals surface area (Å²) in [4.78, 5) is 0. The highest BCUT2D eigenvalue weighted by atomic mass is 16.3. The lowest BCUT2D eigenvalue weighted by Gasteiger charge is -2.55. The maximum absolute atomic E-state index is 10.8. The molecular formula is C15H26O3. The van der Waals surface area contributed by atoms with Crippen LogP contribution < -0.4 is 0 Å². The highest BCUT2D eigenvalue weighted by Gasteiger charge is 2.72. The van der Waals surface area contributed by atoms with Gasteiger partial charge in [-0.15, -0.1) is 0 Å². The molecule has 18 heavy (non-hydrogen) atoms. The van der Waals surface area contributed by atoms with E-state index < -0.39 is 5.60 Å². The van der Waals surface area contributed by atoms with Gasteiger partial charge in [0.05, 0.1) is 18.3 Å². The summed E-state index contributed by atoms with van der Waals surface area (Å²) >= 11 is 0. The minimum atomic E-state index is -0.981. The molecule has 104 valence electrons. The third-order valence-electron chi connectivity index (χ3n) is 6.67. The Balaban J connectivity index is 2.02. The summed E-state index contributed by atoms with van der Waals surface area (Å²) in [6.45, 7) is 6.49. The summed E-state index contributed by atoms with van der Waals surface area (Å²) in [7, 11) is 0. The van der Waals surface area contributed by atoms with Crippen LogP contribution in [-0.2, 0) is 0 Å². The van der Waals surface area contributed by atoms with Crippen LogP contribution in [0.25, 0.3) is 0 Å². The number of rotatable bonds is 1. The van der Waals surface area contributed by atoms with Gasteiger partial charge >= 0.3 is 0 Å². The Kier molecular flexibility index (Phi) is 2.51. The van der Waals surface area contributed by atoms with Gasteiger partial charge in [-0.05, 0) is 48.3 Å². The van der Waals surface area contributed by atoms with E-state index in [-0.39, 0.29) is 29.5 Å². The molecule has 3 nitrogen and oxygen atoms in total. The zero-order chi connectivity index (χ0) is 13.3. The van der Waals surface area contributed by atoms with Crippen molar-refractivity contribution in [3.05, 3.63) is 0 Å². The molecule has 0 saturated heterocycles. The Morgan fingerprint density at radius 2 is 1.78 bits per heavy atom. The zero-order valence-corrected chi connectivity index (χ0v) is 11.7.